The second kappa shape index (κ2) is 6.75. The van der Waals surface area contributed by atoms with Crippen LogP contribution in [0, 0.1) is 0 Å². The molecule has 1 aromatic rings. The first-order valence-electron chi connectivity index (χ1n) is 5.18. The number of ether oxygens (including phenoxy) is 1. The number of rotatable bonds is 6. The summed E-state index contributed by atoms with van der Waals surface area (Å²) in [6.07, 6.45) is 2.34. The molecule has 1 atom stereocenters. The summed E-state index contributed by atoms with van der Waals surface area (Å²) >= 11 is 1.75. The minimum Gasteiger partial charge on any atom is -0.492 e. The quantitative estimate of drug-likeness (QED) is 0.756. The van der Waals surface area contributed by atoms with Gasteiger partial charge in [-0.25, -0.2) is 0 Å². The summed E-state index contributed by atoms with van der Waals surface area (Å²) in [7, 11) is 0. The molecule has 1 N–H and O–H groups in total. The topological polar surface area (TPSA) is 29.5 Å². The molecule has 0 saturated heterocycles. The monoisotopic (exact) mass is 226 g/mol. The first-order chi connectivity index (χ1) is 7.29. The molecule has 0 aromatic heterocycles. The molecule has 84 valence electrons. The van der Waals surface area contributed by atoms with E-state index in [0.29, 0.717) is 13.0 Å². The van der Waals surface area contributed by atoms with Crippen LogP contribution in [0.25, 0.3) is 0 Å². The maximum atomic E-state index is 9.78. The van der Waals surface area contributed by atoms with E-state index in [4.69, 9.17) is 4.74 Å². The van der Waals surface area contributed by atoms with Gasteiger partial charge in [-0.05, 0) is 18.7 Å². The number of aliphatic hydroxyl groups is 1. The molecule has 1 aromatic carbocycles. The van der Waals surface area contributed by atoms with Gasteiger partial charge in [-0.1, -0.05) is 25.1 Å². The minimum atomic E-state index is -0.421. The third kappa shape index (κ3) is 3.76. The Bertz CT molecular complexity index is 289. The van der Waals surface area contributed by atoms with Crippen molar-refractivity contribution in [1.82, 2.24) is 0 Å². The molecule has 0 aliphatic carbocycles. The molecule has 0 heterocycles. The molecule has 0 amide bonds. The molecule has 0 aliphatic rings. The first kappa shape index (κ1) is 12.4. The summed E-state index contributed by atoms with van der Waals surface area (Å²) in [4.78, 5) is 0. The lowest BCUT2D eigenvalue weighted by Gasteiger charge is -2.14. The zero-order valence-corrected chi connectivity index (χ0v) is 10.1. The van der Waals surface area contributed by atoms with E-state index in [-0.39, 0.29) is 0 Å². The van der Waals surface area contributed by atoms with Crippen molar-refractivity contribution in [2.75, 3.05) is 18.6 Å². The molecule has 0 aliphatic heterocycles. The Hall–Kier alpha value is -0.670. The zero-order valence-electron chi connectivity index (χ0n) is 9.27. The molecule has 15 heavy (non-hydrogen) atoms. The largest absolute Gasteiger partial charge is 0.492 e. The molecular weight excluding hydrogens is 208 g/mol. The Labute approximate surface area is 95.7 Å². The van der Waals surface area contributed by atoms with E-state index >= 15 is 0 Å². The smallest absolute Gasteiger partial charge is 0.125 e. The Morgan fingerprint density at radius 1 is 1.40 bits per heavy atom. The summed E-state index contributed by atoms with van der Waals surface area (Å²) in [5, 5.41) is 9.78. The number of thioether (sulfide) groups is 1. The van der Waals surface area contributed by atoms with Gasteiger partial charge in [0.25, 0.3) is 0 Å². The fourth-order valence-corrected chi connectivity index (χ4v) is 1.59. The average molecular weight is 226 g/mol. The van der Waals surface area contributed by atoms with Crippen LogP contribution in [-0.4, -0.2) is 23.7 Å². The summed E-state index contributed by atoms with van der Waals surface area (Å²) in [6, 6.07) is 7.69. The van der Waals surface area contributed by atoms with E-state index in [1.54, 1.807) is 11.8 Å². The van der Waals surface area contributed by atoms with E-state index in [0.717, 1.165) is 17.1 Å². The maximum absolute atomic E-state index is 9.78. The summed E-state index contributed by atoms with van der Waals surface area (Å²) in [6.45, 7) is 2.65. The molecule has 0 bridgehead atoms. The molecule has 1 unspecified atom stereocenters. The van der Waals surface area contributed by atoms with Gasteiger partial charge in [0, 0.05) is 11.3 Å². The van der Waals surface area contributed by atoms with Gasteiger partial charge in [-0.15, -0.1) is 0 Å². The van der Waals surface area contributed by atoms with Gasteiger partial charge in [-0.3, -0.25) is 0 Å². The summed E-state index contributed by atoms with van der Waals surface area (Å²) in [5.41, 5.74) is 0.890. The van der Waals surface area contributed by atoms with Crippen LogP contribution in [0.5, 0.6) is 5.75 Å². The van der Waals surface area contributed by atoms with Crippen molar-refractivity contribution in [3.8, 4) is 5.75 Å². The highest BCUT2D eigenvalue weighted by Gasteiger charge is 2.10. The van der Waals surface area contributed by atoms with Crippen molar-refractivity contribution >= 4 is 11.8 Å². The van der Waals surface area contributed by atoms with Crippen LogP contribution in [0.2, 0.25) is 0 Å². The van der Waals surface area contributed by atoms with E-state index in [1.165, 1.54) is 0 Å². The molecule has 2 nitrogen and oxygen atoms in total. The Morgan fingerprint density at radius 3 is 2.80 bits per heavy atom. The van der Waals surface area contributed by atoms with Crippen LogP contribution in [0.4, 0.5) is 0 Å². The molecular formula is C12H18O2S. The van der Waals surface area contributed by atoms with Crippen LogP contribution in [0.1, 0.15) is 25.0 Å². The third-order valence-electron chi connectivity index (χ3n) is 2.21. The van der Waals surface area contributed by atoms with Crippen LogP contribution >= 0.6 is 11.8 Å². The lowest BCUT2D eigenvalue weighted by atomic mass is 10.1. The average Bonchev–Trinajstić information content (AvgIpc) is 2.29. The van der Waals surface area contributed by atoms with Crippen LogP contribution in [0.3, 0.4) is 0 Å². The SMILES string of the molecule is CCC(O)c1ccccc1OCCSC. The number of aliphatic hydroxyl groups excluding tert-OH is 1. The highest BCUT2D eigenvalue weighted by Crippen LogP contribution is 2.26. The van der Waals surface area contributed by atoms with Crippen molar-refractivity contribution in [2.45, 2.75) is 19.4 Å². The number of hydrogen-bond acceptors (Lipinski definition) is 3. The Kier molecular flexibility index (Phi) is 5.58. The number of hydrogen-bond donors (Lipinski definition) is 1. The molecule has 3 heteroatoms. The second-order valence-corrected chi connectivity index (χ2v) is 4.29. The van der Waals surface area contributed by atoms with Gasteiger partial charge in [0.15, 0.2) is 0 Å². The van der Waals surface area contributed by atoms with Crippen LogP contribution in [0.15, 0.2) is 24.3 Å². The van der Waals surface area contributed by atoms with Crippen LogP contribution in [-0.2, 0) is 0 Å². The zero-order chi connectivity index (χ0) is 11.1. The third-order valence-corrected chi connectivity index (χ3v) is 2.78. The van der Waals surface area contributed by atoms with Gasteiger partial charge in [0.2, 0.25) is 0 Å². The van der Waals surface area contributed by atoms with E-state index in [1.807, 2.05) is 31.2 Å². The highest BCUT2D eigenvalue weighted by atomic mass is 32.2. The second-order valence-electron chi connectivity index (χ2n) is 3.30. The lowest BCUT2D eigenvalue weighted by molar-refractivity contribution is 0.168. The predicted octanol–water partition coefficient (Wildman–Crippen LogP) is 2.87. The van der Waals surface area contributed by atoms with Gasteiger partial charge < -0.3 is 9.84 Å². The highest BCUT2D eigenvalue weighted by molar-refractivity contribution is 7.98. The Morgan fingerprint density at radius 2 is 2.13 bits per heavy atom. The normalized spacial score (nSPS) is 12.5. The van der Waals surface area contributed by atoms with Crippen molar-refractivity contribution in [1.29, 1.82) is 0 Å². The van der Waals surface area contributed by atoms with Crippen molar-refractivity contribution in [3.63, 3.8) is 0 Å². The molecule has 0 fully saturated rings. The van der Waals surface area contributed by atoms with E-state index in [2.05, 4.69) is 6.26 Å². The fraction of sp³-hybridized carbons (Fsp3) is 0.500. The first-order valence-corrected chi connectivity index (χ1v) is 6.57. The minimum absolute atomic E-state index is 0.421. The van der Waals surface area contributed by atoms with Gasteiger partial charge >= 0.3 is 0 Å². The molecule has 1 rings (SSSR count). The lowest BCUT2D eigenvalue weighted by Crippen LogP contribution is -2.04. The standard InChI is InChI=1S/C12H18O2S/c1-3-11(13)10-6-4-5-7-12(10)14-8-9-15-2/h4-7,11,13H,3,8-9H2,1-2H3. The number of para-hydroxylation sites is 1. The van der Waals surface area contributed by atoms with Crippen molar-refractivity contribution in [3.05, 3.63) is 29.8 Å². The molecule has 0 spiro atoms. The van der Waals surface area contributed by atoms with Gasteiger partial charge in [-0.2, -0.15) is 11.8 Å². The van der Waals surface area contributed by atoms with Crippen molar-refractivity contribution < 1.29 is 9.84 Å². The number of benzene rings is 1. The van der Waals surface area contributed by atoms with Gasteiger partial charge in [0.05, 0.1) is 12.7 Å². The van der Waals surface area contributed by atoms with Crippen molar-refractivity contribution in [2.24, 2.45) is 0 Å². The van der Waals surface area contributed by atoms with Crippen LogP contribution < -0.4 is 4.74 Å². The maximum Gasteiger partial charge on any atom is 0.125 e. The van der Waals surface area contributed by atoms with E-state index in [9.17, 15) is 5.11 Å². The molecule has 0 saturated carbocycles. The fourth-order valence-electron chi connectivity index (χ4n) is 1.34. The Balaban J connectivity index is 2.68. The predicted molar refractivity (Wildman–Crippen MR) is 65.6 cm³/mol. The summed E-state index contributed by atoms with van der Waals surface area (Å²) < 4.78 is 5.62. The van der Waals surface area contributed by atoms with E-state index < -0.39 is 6.10 Å². The molecule has 0 radical (unpaired) electrons. The van der Waals surface area contributed by atoms with Gasteiger partial charge in [0.1, 0.15) is 5.75 Å². The summed E-state index contributed by atoms with van der Waals surface area (Å²) in [5.74, 6) is 1.78.